The normalized spacial score (nSPS) is 23.0. The van der Waals surface area contributed by atoms with Gasteiger partial charge in [-0.3, -0.25) is 4.79 Å². The number of carbonyl (C=O) groups is 1. The van der Waals surface area contributed by atoms with Crippen molar-refractivity contribution in [3.63, 3.8) is 0 Å². The van der Waals surface area contributed by atoms with Crippen LogP contribution in [0.15, 0.2) is 20.1 Å². The van der Waals surface area contributed by atoms with E-state index in [-0.39, 0.29) is 28.7 Å². The third-order valence-electron chi connectivity index (χ3n) is 3.37. The Balaban J connectivity index is 1.81. The van der Waals surface area contributed by atoms with E-state index >= 15 is 0 Å². The van der Waals surface area contributed by atoms with Gasteiger partial charge in [-0.2, -0.15) is 0 Å². The fourth-order valence-electron chi connectivity index (χ4n) is 2.22. The van der Waals surface area contributed by atoms with Crippen LogP contribution < -0.4 is 15.8 Å². The summed E-state index contributed by atoms with van der Waals surface area (Å²) in [5.41, 5.74) is 5.80. The van der Waals surface area contributed by atoms with E-state index in [1.54, 1.807) is 6.07 Å². The zero-order valence-corrected chi connectivity index (χ0v) is 14.6. The number of amides is 1. The monoisotopic (exact) mass is 395 g/mol. The van der Waals surface area contributed by atoms with Crippen LogP contribution in [-0.2, 0) is 14.8 Å². The molecule has 0 atom stereocenters. The number of hydrogen-bond donors (Lipinski definition) is 3. The first-order valence-corrected chi connectivity index (χ1v) is 9.76. The molecule has 0 bridgehead atoms. The number of sulfonamides is 1. The average Bonchev–Trinajstić information content (AvgIpc) is 2.87. The minimum atomic E-state index is -3.63. The molecule has 1 aromatic heterocycles. The van der Waals surface area contributed by atoms with Crippen LogP contribution in [0.2, 0.25) is 0 Å². The lowest BCUT2D eigenvalue weighted by Crippen LogP contribution is -2.44. The van der Waals surface area contributed by atoms with Gasteiger partial charge >= 0.3 is 0 Å². The van der Waals surface area contributed by atoms with Crippen molar-refractivity contribution in [3.05, 3.63) is 15.9 Å². The molecule has 1 heterocycles. The molecule has 0 aliphatic heterocycles. The van der Waals surface area contributed by atoms with E-state index in [1.807, 2.05) is 0 Å². The van der Waals surface area contributed by atoms with E-state index in [2.05, 4.69) is 26.0 Å². The maximum Gasteiger partial charge on any atom is 0.250 e. The first-order valence-electron chi connectivity index (χ1n) is 6.67. The van der Waals surface area contributed by atoms with Crippen LogP contribution in [0.4, 0.5) is 0 Å². The maximum absolute atomic E-state index is 12.0. The molecule has 1 aliphatic carbocycles. The average molecular weight is 396 g/mol. The molecule has 1 amide bonds. The van der Waals surface area contributed by atoms with Gasteiger partial charge < -0.3 is 11.1 Å². The van der Waals surface area contributed by atoms with Gasteiger partial charge in [0.05, 0.1) is 10.3 Å². The zero-order chi connectivity index (χ0) is 15.5. The van der Waals surface area contributed by atoms with Crippen LogP contribution in [-0.4, -0.2) is 33.0 Å². The second-order valence-corrected chi connectivity index (χ2v) is 9.52. The minimum Gasteiger partial charge on any atom is -0.352 e. The fraction of sp³-hybridized carbons (Fsp3) is 0.583. The Labute approximate surface area is 136 Å². The fourth-order valence-corrected chi connectivity index (χ4v) is 5.25. The quantitative estimate of drug-likeness (QED) is 0.696. The molecular weight excluding hydrogens is 378 g/mol. The lowest BCUT2D eigenvalue weighted by atomic mass is 9.92. The molecule has 118 valence electrons. The molecule has 0 radical (unpaired) electrons. The van der Waals surface area contributed by atoms with Gasteiger partial charge in [0.15, 0.2) is 0 Å². The van der Waals surface area contributed by atoms with Crippen molar-refractivity contribution < 1.29 is 13.2 Å². The number of hydrogen-bond acceptors (Lipinski definition) is 5. The molecule has 1 aliphatic rings. The van der Waals surface area contributed by atoms with Gasteiger partial charge in [-0.15, -0.1) is 11.3 Å². The van der Waals surface area contributed by atoms with Crippen molar-refractivity contribution in [2.24, 2.45) is 5.73 Å². The third-order valence-corrected chi connectivity index (χ3v) is 6.89. The van der Waals surface area contributed by atoms with Crippen molar-refractivity contribution in [2.75, 3.05) is 6.54 Å². The number of halogens is 1. The number of nitrogens with one attached hydrogen (secondary N) is 2. The minimum absolute atomic E-state index is 0.0951. The first kappa shape index (κ1) is 16.9. The van der Waals surface area contributed by atoms with Gasteiger partial charge in [0, 0.05) is 12.1 Å². The van der Waals surface area contributed by atoms with Gasteiger partial charge in [-0.05, 0) is 53.7 Å². The Hall–Kier alpha value is -0.480. The predicted molar refractivity (Wildman–Crippen MR) is 85.6 cm³/mol. The van der Waals surface area contributed by atoms with Crippen molar-refractivity contribution >= 4 is 43.2 Å². The third kappa shape index (κ3) is 5.03. The van der Waals surface area contributed by atoms with Crippen molar-refractivity contribution in [1.82, 2.24) is 10.0 Å². The van der Waals surface area contributed by atoms with Crippen molar-refractivity contribution in [3.8, 4) is 0 Å². The molecule has 1 fully saturated rings. The second kappa shape index (κ2) is 7.19. The highest BCUT2D eigenvalue weighted by atomic mass is 79.9. The number of thiophene rings is 1. The SMILES string of the molecule is NC1CCC(NC(=O)CNS(=O)(=O)c2ccc(Br)s2)CC1. The standard InChI is InChI=1S/C12H18BrN3O3S2/c13-10-5-6-12(20-10)21(18,19)15-7-11(17)16-9-3-1-8(14)2-4-9/h5-6,8-9,15H,1-4,7,14H2,(H,16,17). The Morgan fingerprint density at radius 1 is 1.33 bits per heavy atom. The van der Waals surface area contributed by atoms with Gasteiger partial charge in [0.1, 0.15) is 4.21 Å². The summed E-state index contributed by atoms with van der Waals surface area (Å²) >= 11 is 4.31. The van der Waals surface area contributed by atoms with E-state index in [0.717, 1.165) is 40.8 Å². The highest BCUT2D eigenvalue weighted by Gasteiger charge is 2.22. The van der Waals surface area contributed by atoms with Gasteiger partial charge in [-0.25, -0.2) is 13.1 Å². The Kier molecular flexibility index (Phi) is 5.78. The summed E-state index contributed by atoms with van der Waals surface area (Å²) in [5, 5.41) is 2.84. The molecule has 2 rings (SSSR count). The molecule has 9 heteroatoms. The largest absolute Gasteiger partial charge is 0.352 e. The Bertz CT molecular complexity index is 595. The molecule has 21 heavy (non-hydrogen) atoms. The Morgan fingerprint density at radius 3 is 2.57 bits per heavy atom. The topological polar surface area (TPSA) is 101 Å². The zero-order valence-electron chi connectivity index (χ0n) is 11.3. The summed E-state index contributed by atoms with van der Waals surface area (Å²) in [5.74, 6) is -0.310. The highest BCUT2D eigenvalue weighted by Crippen LogP contribution is 2.25. The van der Waals surface area contributed by atoms with Crippen LogP contribution in [0.3, 0.4) is 0 Å². The first-order chi connectivity index (χ1) is 9.87. The van der Waals surface area contributed by atoms with E-state index in [1.165, 1.54) is 6.07 Å². The smallest absolute Gasteiger partial charge is 0.250 e. The number of nitrogens with two attached hydrogens (primary N) is 1. The Morgan fingerprint density at radius 2 is 2.00 bits per heavy atom. The molecule has 0 unspecified atom stereocenters. The molecule has 6 nitrogen and oxygen atoms in total. The predicted octanol–water partition coefficient (Wildman–Crippen LogP) is 1.18. The highest BCUT2D eigenvalue weighted by molar-refractivity contribution is 9.11. The van der Waals surface area contributed by atoms with Crippen molar-refractivity contribution in [2.45, 2.75) is 42.0 Å². The molecular formula is C12H18BrN3O3S2. The van der Waals surface area contributed by atoms with Crippen LogP contribution in [0.1, 0.15) is 25.7 Å². The summed E-state index contributed by atoms with van der Waals surface area (Å²) in [6.45, 7) is -0.250. The summed E-state index contributed by atoms with van der Waals surface area (Å²) in [7, 11) is -3.63. The van der Waals surface area contributed by atoms with E-state index in [9.17, 15) is 13.2 Å². The van der Waals surface area contributed by atoms with Gasteiger partial charge in [0.25, 0.3) is 10.0 Å². The maximum atomic E-state index is 12.0. The molecule has 0 spiro atoms. The summed E-state index contributed by atoms with van der Waals surface area (Å²) < 4.78 is 27.2. The number of rotatable bonds is 5. The summed E-state index contributed by atoms with van der Waals surface area (Å²) in [6.07, 6.45) is 3.47. The van der Waals surface area contributed by atoms with Crippen LogP contribution in [0.5, 0.6) is 0 Å². The second-order valence-electron chi connectivity index (χ2n) is 5.06. The van der Waals surface area contributed by atoms with Crippen LogP contribution in [0.25, 0.3) is 0 Å². The molecule has 1 saturated carbocycles. The van der Waals surface area contributed by atoms with Crippen LogP contribution >= 0.6 is 27.3 Å². The molecule has 0 aromatic carbocycles. The van der Waals surface area contributed by atoms with Gasteiger partial charge in [-0.1, -0.05) is 0 Å². The van der Waals surface area contributed by atoms with E-state index in [4.69, 9.17) is 5.73 Å². The van der Waals surface area contributed by atoms with Crippen molar-refractivity contribution in [1.29, 1.82) is 0 Å². The van der Waals surface area contributed by atoms with E-state index < -0.39 is 10.0 Å². The van der Waals surface area contributed by atoms with Gasteiger partial charge in [0.2, 0.25) is 5.91 Å². The molecule has 4 N–H and O–H groups in total. The molecule has 1 aromatic rings. The number of carbonyl (C=O) groups excluding carboxylic acids is 1. The summed E-state index contributed by atoms with van der Waals surface area (Å²) in [6, 6.07) is 3.47. The summed E-state index contributed by atoms with van der Waals surface area (Å²) in [4.78, 5) is 11.8. The lowest BCUT2D eigenvalue weighted by molar-refractivity contribution is -0.120. The van der Waals surface area contributed by atoms with E-state index in [0.29, 0.717) is 0 Å². The van der Waals surface area contributed by atoms with Crippen LogP contribution in [0, 0.1) is 0 Å². The lowest BCUT2D eigenvalue weighted by Gasteiger charge is -2.26. The molecule has 0 saturated heterocycles.